The van der Waals surface area contributed by atoms with Crippen LogP contribution in [0.15, 0.2) is 46.9 Å². The van der Waals surface area contributed by atoms with E-state index in [2.05, 4.69) is 36.2 Å². The van der Waals surface area contributed by atoms with Gasteiger partial charge < -0.3 is 9.88 Å². The van der Waals surface area contributed by atoms with Gasteiger partial charge in [0.05, 0.1) is 11.7 Å². The van der Waals surface area contributed by atoms with Crippen LogP contribution in [0.2, 0.25) is 0 Å². The van der Waals surface area contributed by atoms with Gasteiger partial charge in [0.25, 0.3) is 0 Å². The molecule has 6 rings (SSSR count). The minimum absolute atomic E-state index is 0.0259. The number of nitrogens with zero attached hydrogens (tertiary/aromatic N) is 6. The second kappa shape index (κ2) is 10.0. The van der Waals surface area contributed by atoms with Gasteiger partial charge in [-0.3, -0.25) is 4.90 Å². The lowest BCUT2D eigenvalue weighted by Gasteiger charge is -2.28. The molecule has 1 saturated heterocycles. The van der Waals surface area contributed by atoms with Crippen molar-refractivity contribution in [2.24, 2.45) is 10.9 Å². The third kappa shape index (κ3) is 4.99. The summed E-state index contributed by atoms with van der Waals surface area (Å²) in [6.07, 6.45) is 13.3. The highest BCUT2D eigenvalue weighted by Gasteiger charge is 2.30. The van der Waals surface area contributed by atoms with Crippen LogP contribution < -0.4 is 5.32 Å². The number of hydrogen-bond acceptors (Lipinski definition) is 6. The number of aliphatic imine (C=N–C) groups is 1. The molecular formula is C29H33F2N7. The Bertz CT molecular complexity index is 1460. The SMILES string of the molecule is Cc1nc2c(F)cc(-c3nc(NC4=CCC(C=C5CCN(C6CC6)CC5)C=N4)ncc3F)cc2n1C(C)C. The maximum Gasteiger partial charge on any atom is 0.229 e. The summed E-state index contributed by atoms with van der Waals surface area (Å²) in [7, 11) is 0. The molecule has 1 saturated carbocycles. The molecule has 0 amide bonds. The molecule has 7 nitrogen and oxygen atoms in total. The summed E-state index contributed by atoms with van der Waals surface area (Å²) < 4.78 is 31.7. The first kappa shape index (κ1) is 24.9. The minimum Gasteiger partial charge on any atom is -0.326 e. The molecule has 1 aromatic carbocycles. The summed E-state index contributed by atoms with van der Waals surface area (Å²) in [4.78, 5) is 20.0. The molecular weight excluding hydrogens is 484 g/mol. The lowest BCUT2D eigenvalue weighted by Crippen LogP contribution is -2.32. The number of aryl methyl sites for hydroxylation is 1. The monoisotopic (exact) mass is 517 g/mol. The van der Waals surface area contributed by atoms with Crippen molar-refractivity contribution < 1.29 is 8.78 Å². The number of halogens is 2. The van der Waals surface area contributed by atoms with Crippen molar-refractivity contribution in [3.05, 3.63) is 59.3 Å². The Balaban J connectivity index is 1.17. The van der Waals surface area contributed by atoms with Gasteiger partial charge >= 0.3 is 0 Å². The highest BCUT2D eigenvalue weighted by atomic mass is 19.1. The van der Waals surface area contributed by atoms with E-state index in [1.807, 2.05) is 37.6 Å². The number of rotatable bonds is 6. The highest BCUT2D eigenvalue weighted by molar-refractivity contribution is 5.83. The summed E-state index contributed by atoms with van der Waals surface area (Å²) in [5, 5.41) is 3.09. The zero-order valence-electron chi connectivity index (χ0n) is 22.1. The van der Waals surface area contributed by atoms with Gasteiger partial charge in [-0.1, -0.05) is 11.6 Å². The standard InChI is InChI=1S/C29H33F2N7/c1-17(2)38-18(3)34-28-23(30)13-21(14-25(28)38)27-24(31)16-33-29(36-27)35-26-7-4-20(15-32-26)12-19-8-10-37(11-9-19)22-5-6-22/h7,12-17,20,22H,4-6,8-11H2,1-3H3,(H,33,35,36). The van der Waals surface area contributed by atoms with Gasteiger partial charge in [-0.05, 0) is 71.1 Å². The van der Waals surface area contributed by atoms with Crippen LogP contribution >= 0.6 is 0 Å². The molecule has 9 heteroatoms. The number of nitrogens with one attached hydrogen (secondary N) is 1. The van der Waals surface area contributed by atoms with Gasteiger partial charge in [-0.25, -0.2) is 28.7 Å². The van der Waals surface area contributed by atoms with Gasteiger partial charge in [0, 0.05) is 42.9 Å². The summed E-state index contributed by atoms with van der Waals surface area (Å²) in [5.41, 5.74) is 2.76. The number of piperidine rings is 1. The third-order valence-corrected chi connectivity index (χ3v) is 7.64. The van der Waals surface area contributed by atoms with Crippen LogP contribution in [-0.2, 0) is 0 Å². The van der Waals surface area contributed by atoms with Crippen molar-refractivity contribution >= 4 is 23.2 Å². The molecule has 2 aromatic heterocycles. The number of benzene rings is 1. The predicted octanol–water partition coefficient (Wildman–Crippen LogP) is 6.19. The molecule has 1 aliphatic carbocycles. The number of anilines is 1. The van der Waals surface area contributed by atoms with Crippen LogP contribution in [0.5, 0.6) is 0 Å². The molecule has 1 N–H and O–H groups in total. The molecule has 4 heterocycles. The zero-order valence-corrected chi connectivity index (χ0v) is 22.1. The van der Waals surface area contributed by atoms with Crippen molar-refractivity contribution in [2.45, 2.75) is 65.0 Å². The number of allylic oxidation sites excluding steroid dienone is 2. The van der Waals surface area contributed by atoms with Crippen LogP contribution in [0, 0.1) is 24.5 Å². The van der Waals surface area contributed by atoms with Crippen molar-refractivity contribution in [1.82, 2.24) is 24.4 Å². The first-order valence-corrected chi connectivity index (χ1v) is 13.5. The van der Waals surface area contributed by atoms with Crippen molar-refractivity contribution in [2.75, 3.05) is 18.4 Å². The predicted molar refractivity (Wildman–Crippen MR) is 146 cm³/mol. The van der Waals surface area contributed by atoms with E-state index in [1.165, 1.54) is 37.6 Å². The molecule has 38 heavy (non-hydrogen) atoms. The Morgan fingerprint density at radius 3 is 2.55 bits per heavy atom. The Hall–Kier alpha value is -3.46. The first-order valence-electron chi connectivity index (χ1n) is 13.5. The zero-order chi connectivity index (χ0) is 26.4. The van der Waals surface area contributed by atoms with Gasteiger partial charge in [0.2, 0.25) is 5.95 Å². The molecule has 3 aromatic rings. The van der Waals surface area contributed by atoms with E-state index in [9.17, 15) is 8.78 Å². The summed E-state index contributed by atoms with van der Waals surface area (Å²) in [5.74, 6) is 0.680. The fourth-order valence-electron chi connectivity index (χ4n) is 5.62. The Kier molecular flexibility index (Phi) is 6.55. The Morgan fingerprint density at radius 1 is 1.08 bits per heavy atom. The van der Waals surface area contributed by atoms with Crippen molar-refractivity contribution in [1.29, 1.82) is 0 Å². The largest absolute Gasteiger partial charge is 0.326 e. The van der Waals surface area contributed by atoms with Gasteiger partial charge in [0.1, 0.15) is 22.9 Å². The van der Waals surface area contributed by atoms with E-state index >= 15 is 0 Å². The quantitative estimate of drug-likeness (QED) is 0.395. The number of likely N-dealkylation sites (tertiary alicyclic amines) is 1. The molecule has 2 fully saturated rings. The second-order valence-electron chi connectivity index (χ2n) is 10.8. The van der Waals surface area contributed by atoms with Gasteiger partial charge in [0.15, 0.2) is 11.6 Å². The summed E-state index contributed by atoms with van der Waals surface area (Å²) >= 11 is 0. The molecule has 0 bridgehead atoms. The van der Waals surface area contributed by atoms with E-state index in [1.54, 1.807) is 6.07 Å². The van der Waals surface area contributed by atoms with E-state index < -0.39 is 11.6 Å². The van der Waals surface area contributed by atoms with Crippen LogP contribution in [0.1, 0.15) is 57.8 Å². The lowest BCUT2D eigenvalue weighted by atomic mass is 9.96. The molecule has 198 valence electrons. The number of hydrogen-bond donors (Lipinski definition) is 1. The normalized spacial score (nSPS) is 20.3. The van der Waals surface area contributed by atoms with Gasteiger partial charge in [-0.2, -0.15) is 0 Å². The lowest BCUT2D eigenvalue weighted by molar-refractivity contribution is 0.246. The molecule has 0 radical (unpaired) electrons. The maximum atomic E-state index is 15.0. The second-order valence-corrected chi connectivity index (χ2v) is 10.8. The smallest absolute Gasteiger partial charge is 0.229 e. The fraction of sp³-hybridized carbons (Fsp3) is 0.448. The van der Waals surface area contributed by atoms with Crippen LogP contribution in [0.25, 0.3) is 22.3 Å². The maximum absolute atomic E-state index is 15.0. The number of aromatic nitrogens is 4. The molecule has 3 aliphatic rings. The topological polar surface area (TPSA) is 71.2 Å². The molecule has 2 aliphatic heterocycles. The molecule has 1 atom stereocenters. The molecule has 0 spiro atoms. The molecule has 1 unspecified atom stereocenters. The van der Waals surface area contributed by atoms with E-state index in [0.29, 0.717) is 22.7 Å². The fourth-order valence-corrected chi connectivity index (χ4v) is 5.62. The first-order chi connectivity index (χ1) is 18.4. The minimum atomic E-state index is -0.623. The average molecular weight is 518 g/mol. The summed E-state index contributed by atoms with van der Waals surface area (Å²) in [6.45, 7) is 8.18. The average Bonchev–Trinajstić information content (AvgIpc) is 3.68. The van der Waals surface area contributed by atoms with Crippen LogP contribution in [0.3, 0.4) is 0 Å². The van der Waals surface area contributed by atoms with E-state index in [4.69, 9.17) is 0 Å². The number of imidazole rings is 1. The van der Waals surface area contributed by atoms with Gasteiger partial charge in [-0.15, -0.1) is 0 Å². The van der Waals surface area contributed by atoms with E-state index in [0.717, 1.165) is 31.5 Å². The summed E-state index contributed by atoms with van der Waals surface area (Å²) in [6, 6.07) is 3.93. The Labute approximate surface area is 221 Å². The number of fused-ring (bicyclic) bond motifs is 1. The van der Waals surface area contributed by atoms with Crippen LogP contribution in [-0.4, -0.2) is 49.8 Å². The third-order valence-electron chi connectivity index (χ3n) is 7.64. The van der Waals surface area contributed by atoms with Crippen LogP contribution in [0.4, 0.5) is 14.7 Å². The van der Waals surface area contributed by atoms with Crippen molar-refractivity contribution in [3.63, 3.8) is 0 Å². The van der Waals surface area contributed by atoms with Crippen molar-refractivity contribution in [3.8, 4) is 11.3 Å². The Morgan fingerprint density at radius 2 is 1.87 bits per heavy atom. The van der Waals surface area contributed by atoms with E-state index in [-0.39, 0.29) is 29.1 Å². The highest BCUT2D eigenvalue weighted by Crippen LogP contribution is 2.32.